The van der Waals surface area contributed by atoms with E-state index < -0.39 is 11.2 Å². The molecular weight excluding hydrogens is 354 g/mol. The van der Waals surface area contributed by atoms with Gasteiger partial charge in [-0.2, -0.15) is 0 Å². The standard InChI is InChI=1S/C22H31NO4.CH4/c1-20(2,3)15-7-8-18-16(13-15)17(24)14-22(26-18)9-11-23(12-10-22)19(25)27-21(4,5)6;/h7-8,13H,9-12,14H2,1-6H3;1H4. The highest BCUT2D eigenvalue weighted by molar-refractivity contribution is 6.00. The molecule has 3 rings (SSSR count). The second kappa shape index (κ2) is 7.41. The van der Waals surface area contributed by atoms with Gasteiger partial charge in [0.05, 0.1) is 12.0 Å². The zero-order valence-corrected chi connectivity index (χ0v) is 17.3. The Kier molecular flexibility index (Phi) is 5.89. The molecule has 5 heteroatoms. The second-order valence-electron chi connectivity index (χ2n) is 9.81. The molecule has 0 N–H and O–H groups in total. The van der Waals surface area contributed by atoms with Crippen LogP contribution in [0.15, 0.2) is 18.2 Å². The number of Topliss-reactive ketones (excluding diaryl/α,β-unsaturated/α-hetero) is 1. The van der Waals surface area contributed by atoms with Gasteiger partial charge in [0.1, 0.15) is 17.0 Å². The van der Waals surface area contributed by atoms with Crippen molar-refractivity contribution in [2.45, 2.75) is 84.8 Å². The highest BCUT2D eigenvalue weighted by atomic mass is 16.6. The second-order valence-corrected chi connectivity index (χ2v) is 9.81. The zero-order chi connectivity index (χ0) is 20.0. The van der Waals surface area contributed by atoms with Gasteiger partial charge in [0.25, 0.3) is 0 Å². The molecule has 0 aromatic heterocycles. The lowest BCUT2D eigenvalue weighted by molar-refractivity contribution is -0.0226. The molecule has 0 atom stereocenters. The maximum absolute atomic E-state index is 12.9. The van der Waals surface area contributed by atoms with Gasteiger partial charge in [0.2, 0.25) is 0 Å². The molecule has 0 saturated carbocycles. The molecule has 28 heavy (non-hydrogen) atoms. The van der Waals surface area contributed by atoms with Crippen molar-refractivity contribution < 1.29 is 19.1 Å². The molecule has 1 spiro atoms. The van der Waals surface area contributed by atoms with E-state index in [1.165, 1.54) is 0 Å². The van der Waals surface area contributed by atoms with Crippen LogP contribution in [0.1, 0.15) is 84.2 Å². The van der Waals surface area contributed by atoms with E-state index in [1.54, 1.807) is 4.90 Å². The predicted molar refractivity (Wildman–Crippen MR) is 111 cm³/mol. The van der Waals surface area contributed by atoms with E-state index in [1.807, 2.05) is 39.0 Å². The third-order valence-electron chi connectivity index (χ3n) is 5.28. The van der Waals surface area contributed by atoms with Gasteiger partial charge in [-0.3, -0.25) is 4.79 Å². The van der Waals surface area contributed by atoms with Crippen LogP contribution in [0.3, 0.4) is 0 Å². The summed E-state index contributed by atoms with van der Waals surface area (Å²) in [6.45, 7) is 13.1. The Labute approximate surface area is 169 Å². The van der Waals surface area contributed by atoms with Crippen LogP contribution in [0, 0.1) is 0 Å². The molecule has 1 saturated heterocycles. The van der Waals surface area contributed by atoms with Gasteiger partial charge in [0, 0.05) is 25.9 Å². The average molecular weight is 390 g/mol. The summed E-state index contributed by atoms with van der Waals surface area (Å²) in [6, 6.07) is 5.94. The molecule has 1 fully saturated rings. The predicted octanol–water partition coefficient (Wildman–Crippen LogP) is 5.36. The summed E-state index contributed by atoms with van der Waals surface area (Å²) in [7, 11) is 0. The molecule has 0 aliphatic carbocycles. The van der Waals surface area contributed by atoms with Crippen LogP contribution in [0.5, 0.6) is 5.75 Å². The van der Waals surface area contributed by atoms with Crippen molar-refractivity contribution in [1.82, 2.24) is 4.90 Å². The Bertz CT molecular complexity index is 747. The fourth-order valence-electron chi connectivity index (χ4n) is 3.66. The molecule has 2 heterocycles. The molecule has 5 nitrogen and oxygen atoms in total. The topological polar surface area (TPSA) is 55.8 Å². The summed E-state index contributed by atoms with van der Waals surface area (Å²) >= 11 is 0. The van der Waals surface area contributed by atoms with Gasteiger partial charge in [-0.1, -0.05) is 34.3 Å². The molecule has 2 aliphatic rings. The van der Waals surface area contributed by atoms with Gasteiger partial charge in [-0.25, -0.2) is 4.79 Å². The number of piperidine rings is 1. The Morgan fingerprint density at radius 3 is 2.25 bits per heavy atom. The number of carbonyl (C=O) groups excluding carboxylic acids is 2. The maximum atomic E-state index is 12.9. The summed E-state index contributed by atoms with van der Waals surface area (Å²) in [4.78, 5) is 26.8. The Hall–Kier alpha value is -2.04. The minimum Gasteiger partial charge on any atom is -0.486 e. The number of hydrogen-bond acceptors (Lipinski definition) is 4. The lowest BCUT2D eigenvalue weighted by Crippen LogP contribution is -2.53. The third kappa shape index (κ3) is 4.68. The molecular formula is C23H35NO4. The van der Waals surface area contributed by atoms with E-state index in [0.29, 0.717) is 43.7 Å². The Balaban J connectivity index is 0.00000280. The normalized spacial score (nSPS) is 18.8. The van der Waals surface area contributed by atoms with Crippen molar-refractivity contribution in [3.05, 3.63) is 29.3 Å². The third-order valence-corrected chi connectivity index (χ3v) is 5.28. The van der Waals surface area contributed by atoms with Crippen molar-refractivity contribution >= 4 is 11.9 Å². The highest BCUT2D eigenvalue weighted by Crippen LogP contribution is 2.41. The van der Waals surface area contributed by atoms with Crippen LogP contribution >= 0.6 is 0 Å². The number of benzene rings is 1. The Morgan fingerprint density at radius 2 is 1.71 bits per heavy atom. The first-order valence-electron chi connectivity index (χ1n) is 9.73. The van der Waals surface area contributed by atoms with Crippen molar-refractivity contribution in [3.63, 3.8) is 0 Å². The number of fused-ring (bicyclic) bond motifs is 1. The number of ketones is 1. The summed E-state index contributed by atoms with van der Waals surface area (Å²) in [5.74, 6) is 0.804. The number of carbonyl (C=O) groups is 2. The summed E-state index contributed by atoms with van der Waals surface area (Å²) in [6.07, 6.45) is 1.35. The molecule has 0 unspecified atom stereocenters. The minimum atomic E-state index is -0.508. The van der Waals surface area contributed by atoms with Crippen LogP contribution < -0.4 is 4.74 Å². The number of amides is 1. The first kappa shape index (κ1) is 22.3. The number of nitrogens with zero attached hydrogens (tertiary/aromatic N) is 1. The van der Waals surface area contributed by atoms with Gasteiger partial charge < -0.3 is 14.4 Å². The summed E-state index contributed by atoms with van der Waals surface area (Å²) < 4.78 is 11.8. The minimum absolute atomic E-state index is 0. The molecule has 1 aromatic carbocycles. The molecule has 2 aliphatic heterocycles. The summed E-state index contributed by atoms with van der Waals surface area (Å²) in [5, 5.41) is 0. The maximum Gasteiger partial charge on any atom is 0.410 e. The van der Waals surface area contributed by atoms with Gasteiger partial charge >= 0.3 is 6.09 Å². The van der Waals surface area contributed by atoms with E-state index in [-0.39, 0.29) is 24.7 Å². The van der Waals surface area contributed by atoms with Crippen LogP contribution in [0.4, 0.5) is 4.79 Å². The monoisotopic (exact) mass is 389 g/mol. The number of rotatable bonds is 0. The number of ether oxygens (including phenoxy) is 2. The van der Waals surface area contributed by atoms with Gasteiger partial charge in [-0.15, -0.1) is 0 Å². The van der Waals surface area contributed by atoms with Crippen molar-refractivity contribution in [2.75, 3.05) is 13.1 Å². The fourth-order valence-corrected chi connectivity index (χ4v) is 3.66. The molecule has 0 radical (unpaired) electrons. The van der Waals surface area contributed by atoms with E-state index >= 15 is 0 Å². The highest BCUT2D eigenvalue weighted by Gasteiger charge is 2.44. The smallest absolute Gasteiger partial charge is 0.410 e. The lowest BCUT2D eigenvalue weighted by Gasteiger charge is -2.44. The SMILES string of the molecule is C.CC(C)(C)OC(=O)N1CCC2(CC1)CC(=O)c1cc(C(C)(C)C)ccc1O2. The van der Waals surface area contributed by atoms with E-state index in [0.717, 1.165) is 5.56 Å². The van der Waals surface area contributed by atoms with E-state index in [4.69, 9.17) is 9.47 Å². The van der Waals surface area contributed by atoms with Crippen LogP contribution in [-0.4, -0.2) is 41.1 Å². The number of likely N-dealkylation sites (tertiary alicyclic amines) is 1. The molecule has 1 aromatic rings. The largest absolute Gasteiger partial charge is 0.486 e. The van der Waals surface area contributed by atoms with E-state index in [9.17, 15) is 9.59 Å². The Morgan fingerprint density at radius 1 is 1.11 bits per heavy atom. The quantitative estimate of drug-likeness (QED) is 0.600. The fraction of sp³-hybridized carbons (Fsp3) is 0.652. The van der Waals surface area contributed by atoms with Crippen molar-refractivity contribution in [3.8, 4) is 5.75 Å². The first-order valence-corrected chi connectivity index (χ1v) is 9.73. The molecule has 0 bridgehead atoms. The molecule has 156 valence electrons. The van der Waals surface area contributed by atoms with Crippen LogP contribution in [0.2, 0.25) is 0 Å². The van der Waals surface area contributed by atoms with Gasteiger partial charge in [-0.05, 0) is 43.9 Å². The zero-order valence-electron chi connectivity index (χ0n) is 17.3. The first-order chi connectivity index (χ1) is 12.4. The number of hydrogen-bond donors (Lipinski definition) is 0. The average Bonchev–Trinajstić information content (AvgIpc) is 2.52. The summed E-state index contributed by atoms with van der Waals surface area (Å²) in [5.41, 5.74) is 0.791. The van der Waals surface area contributed by atoms with Crippen LogP contribution in [-0.2, 0) is 10.2 Å². The van der Waals surface area contributed by atoms with Crippen molar-refractivity contribution in [1.29, 1.82) is 0 Å². The van der Waals surface area contributed by atoms with Crippen LogP contribution in [0.25, 0.3) is 0 Å². The molecule has 1 amide bonds. The lowest BCUT2D eigenvalue weighted by atomic mass is 9.80. The van der Waals surface area contributed by atoms with Crippen molar-refractivity contribution in [2.24, 2.45) is 0 Å². The van der Waals surface area contributed by atoms with E-state index in [2.05, 4.69) is 20.8 Å². The van der Waals surface area contributed by atoms with Gasteiger partial charge in [0.15, 0.2) is 5.78 Å².